The van der Waals surface area contributed by atoms with Crippen molar-refractivity contribution in [2.45, 2.75) is 0 Å². The van der Waals surface area contributed by atoms with E-state index in [9.17, 15) is 0 Å². The molecule has 0 atom stereocenters. The highest BCUT2D eigenvalue weighted by Gasteiger charge is 2.02. The van der Waals surface area contributed by atoms with E-state index in [2.05, 4.69) is 25.3 Å². The predicted molar refractivity (Wildman–Crippen MR) is 59.9 cm³/mol. The van der Waals surface area contributed by atoms with E-state index < -0.39 is 0 Å². The second-order valence-corrected chi connectivity index (χ2v) is 4.87. The van der Waals surface area contributed by atoms with Gasteiger partial charge in [-0.2, -0.15) is 0 Å². The van der Waals surface area contributed by atoms with E-state index in [1.165, 1.54) is 19.2 Å². The third-order valence-electron chi connectivity index (χ3n) is 1.65. The van der Waals surface area contributed by atoms with Crippen LogP contribution in [0.5, 0.6) is 0 Å². The van der Waals surface area contributed by atoms with Crippen molar-refractivity contribution in [3.05, 3.63) is 35.0 Å². The molecule has 0 aliphatic heterocycles. The Balaban J connectivity index is 2.66. The Bertz CT molecular complexity index is 363. The zero-order chi connectivity index (χ0) is 8.55. The SMILES string of the molecule is C=Cc1cc2cc(C=C)sc2s1. The summed E-state index contributed by atoms with van der Waals surface area (Å²) in [6.45, 7) is 7.49. The number of rotatable bonds is 2. The lowest BCUT2D eigenvalue weighted by Gasteiger charge is -1.78. The first kappa shape index (κ1) is 7.77. The van der Waals surface area contributed by atoms with Gasteiger partial charge < -0.3 is 0 Å². The lowest BCUT2D eigenvalue weighted by atomic mass is 10.3. The summed E-state index contributed by atoms with van der Waals surface area (Å²) >= 11 is 3.57. The molecule has 0 saturated carbocycles. The van der Waals surface area contributed by atoms with Crippen molar-refractivity contribution in [2.75, 3.05) is 0 Å². The highest BCUT2D eigenvalue weighted by Crippen LogP contribution is 2.34. The van der Waals surface area contributed by atoms with Crippen molar-refractivity contribution in [3.63, 3.8) is 0 Å². The minimum absolute atomic E-state index is 1.24. The van der Waals surface area contributed by atoms with Crippen molar-refractivity contribution >= 4 is 44.2 Å². The molecule has 0 N–H and O–H groups in total. The van der Waals surface area contributed by atoms with Crippen LogP contribution in [0, 0.1) is 0 Å². The summed E-state index contributed by atoms with van der Waals surface area (Å²) in [5.74, 6) is 0. The van der Waals surface area contributed by atoms with Crippen LogP contribution >= 0.6 is 22.7 Å². The molecule has 0 aromatic carbocycles. The van der Waals surface area contributed by atoms with Gasteiger partial charge in [-0.1, -0.05) is 25.3 Å². The number of thiophene rings is 2. The first-order chi connectivity index (χ1) is 5.83. The van der Waals surface area contributed by atoms with Gasteiger partial charge in [0.1, 0.15) is 0 Å². The standard InChI is InChI=1S/C10H8S2/c1-3-8-5-7-6-9(4-2)12-10(7)11-8/h3-6H,1-2H2. The van der Waals surface area contributed by atoms with Crippen LogP contribution in [0.1, 0.15) is 9.75 Å². The molecular weight excluding hydrogens is 184 g/mol. The van der Waals surface area contributed by atoms with E-state index in [-0.39, 0.29) is 0 Å². The normalized spacial score (nSPS) is 10.3. The monoisotopic (exact) mass is 192 g/mol. The van der Waals surface area contributed by atoms with E-state index in [0.29, 0.717) is 0 Å². The van der Waals surface area contributed by atoms with Crippen molar-refractivity contribution in [1.29, 1.82) is 0 Å². The van der Waals surface area contributed by atoms with Gasteiger partial charge in [0.25, 0.3) is 0 Å². The fourth-order valence-electron chi connectivity index (χ4n) is 1.08. The summed E-state index contributed by atoms with van der Waals surface area (Å²) in [5, 5.41) is 1.31. The molecule has 0 unspecified atom stereocenters. The molecule has 0 amide bonds. The van der Waals surface area contributed by atoms with Crippen molar-refractivity contribution < 1.29 is 0 Å². The number of fused-ring (bicyclic) bond motifs is 1. The Morgan fingerprint density at radius 3 is 1.83 bits per heavy atom. The molecule has 2 heterocycles. The average Bonchev–Trinajstić information content (AvgIpc) is 2.59. The van der Waals surface area contributed by atoms with Gasteiger partial charge in [0.2, 0.25) is 0 Å². The van der Waals surface area contributed by atoms with Crippen LogP contribution in [-0.4, -0.2) is 0 Å². The second kappa shape index (κ2) is 2.88. The van der Waals surface area contributed by atoms with E-state index in [0.717, 1.165) is 0 Å². The third-order valence-corrected chi connectivity index (χ3v) is 4.04. The smallest absolute Gasteiger partial charge is 0.0877 e. The zero-order valence-electron chi connectivity index (χ0n) is 6.54. The summed E-state index contributed by atoms with van der Waals surface area (Å²) in [7, 11) is 0. The molecule has 0 fully saturated rings. The number of hydrogen-bond acceptors (Lipinski definition) is 2. The Labute approximate surface area is 79.5 Å². The van der Waals surface area contributed by atoms with Gasteiger partial charge in [-0.05, 0) is 12.1 Å². The molecular formula is C10H8S2. The third kappa shape index (κ3) is 1.13. The van der Waals surface area contributed by atoms with Gasteiger partial charge in [-0.3, -0.25) is 0 Å². The van der Waals surface area contributed by atoms with Crippen LogP contribution in [0.15, 0.2) is 25.3 Å². The summed E-state index contributed by atoms with van der Waals surface area (Å²) in [6, 6.07) is 4.33. The van der Waals surface area contributed by atoms with Gasteiger partial charge in [0.05, 0.1) is 4.01 Å². The maximum atomic E-state index is 3.74. The molecule has 0 saturated heterocycles. The first-order valence-corrected chi connectivity index (χ1v) is 5.25. The molecule has 0 aliphatic carbocycles. The van der Waals surface area contributed by atoms with E-state index >= 15 is 0 Å². The Kier molecular flexibility index (Phi) is 1.87. The molecule has 0 spiro atoms. The van der Waals surface area contributed by atoms with E-state index in [1.54, 1.807) is 22.7 Å². The fourth-order valence-corrected chi connectivity index (χ4v) is 3.26. The van der Waals surface area contributed by atoms with Crippen molar-refractivity contribution in [2.24, 2.45) is 0 Å². The topological polar surface area (TPSA) is 0 Å². The average molecular weight is 192 g/mol. The van der Waals surface area contributed by atoms with Gasteiger partial charge in [-0.25, -0.2) is 0 Å². The van der Waals surface area contributed by atoms with Crippen LogP contribution in [0.2, 0.25) is 0 Å². The molecule has 60 valence electrons. The maximum absolute atomic E-state index is 3.74. The van der Waals surface area contributed by atoms with Gasteiger partial charge in [-0.15, -0.1) is 22.7 Å². The molecule has 2 rings (SSSR count). The number of hydrogen-bond donors (Lipinski definition) is 0. The highest BCUT2D eigenvalue weighted by molar-refractivity contribution is 7.39. The molecule has 0 radical (unpaired) electrons. The molecule has 2 heteroatoms. The van der Waals surface area contributed by atoms with Crippen LogP contribution in [0.4, 0.5) is 0 Å². The quantitative estimate of drug-likeness (QED) is 0.667. The molecule has 12 heavy (non-hydrogen) atoms. The summed E-state index contributed by atoms with van der Waals surface area (Å²) in [5.41, 5.74) is 0. The Morgan fingerprint density at radius 1 is 1.00 bits per heavy atom. The van der Waals surface area contributed by atoms with E-state index in [1.807, 2.05) is 12.2 Å². The van der Waals surface area contributed by atoms with Crippen molar-refractivity contribution in [1.82, 2.24) is 0 Å². The molecule has 0 bridgehead atoms. The highest BCUT2D eigenvalue weighted by atomic mass is 32.2. The summed E-state index contributed by atoms with van der Waals surface area (Å²) < 4.78 is 1.36. The van der Waals surface area contributed by atoms with Crippen molar-refractivity contribution in [3.8, 4) is 0 Å². The lowest BCUT2D eigenvalue weighted by molar-refractivity contribution is 1.99. The first-order valence-electron chi connectivity index (χ1n) is 3.62. The molecule has 2 aromatic rings. The van der Waals surface area contributed by atoms with Gasteiger partial charge >= 0.3 is 0 Å². The van der Waals surface area contributed by atoms with Gasteiger partial charge in [0.15, 0.2) is 0 Å². The largest absolute Gasteiger partial charge is 0.125 e. The van der Waals surface area contributed by atoms with Crippen LogP contribution in [0.3, 0.4) is 0 Å². The minimum atomic E-state index is 1.24. The minimum Gasteiger partial charge on any atom is -0.125 e. The van der Waals surface area contributed by atoms with Crippen LogP contribution < -0.4 is 0 Å². The molecule has 0 aliphatic rings. The van der Waals surface area contributed by atoms with Crippen LogP contribution in [-0.2, 0) is 0 Å². The summed E-state index contributed by atoms with van der Waals surface area (Å²) in [6.07, 6.45) is 3.79. The van der Waals surface area contributed by atoms with Gasteiger partial charge in [0, 0.05) is 15.1 Å². The lowest BCUT2D eigenvalue weighted by Crippen LogP contribution is -1.53. The molecule has 0 nitrogen and oxygen atoms in total. The van der Waals surface area contributed by atoms with Crippen LogP contribution in [0.25, 0.3) is 21.6 Å². The Morgan fingerprint density at radius 2 is 1.50 bits per heavy atom. The fraction of sp³-hybridized carbons (Fsp3) is 0. The van der Waals surface area contributed by atoms with E-state index in [4.69, 9.17) is 0 Å². The predicted octanol–water partition coefficient (Wildman–Crippen LogP) is 4.25. The zero-order valence-corrected chi connectivity index (χ0v) is 8.17. The molecule has 2 aromatic heterocycles. The summed E-state index contributed by atoms with van der Waals surface area (Å²) in [4.78, 5) is 2.48. The maximum Gasteiger partial charge on any atom is 0.0877 e. The second-order valence-electron chi connectivity index (χ2n) is 2.45. The Hall–Kier alpha value is -0.860.